The van der Waals surface area contributed by atoms with Crippen LogP contribution in [0.1, 0.15) is 34.6 Å². The van der Waals surface area contributed by atoms with Crippen LogP contribution in [0.15, 0.2) is 42.5 Å². The predicted molar refractivity (Wildman–Crippen MR) is 94.5 cm³/mol. The second-order valence-electron chi connectivity index (χ2n) is 6.48. The summed E-state index contributed by atoms with van der Waals surface area (Å²) in [4.78, 5) is 12.7. The van der Waals surface area contributed by atoms with E-state index in [0.29, 0.717) is 12.1 Å². The second-order valence-corrected chi connectivity index (χ2v) is 6.48. The van der Waals surface area contributed by atoms with E-state index in [0.717, 1.165) is 48.7 Å². The molecule has 1 aliphatic rings. The van der Waals surface area contributed by atoms with Crippen molar-refractivity contribution in [2.75, 3.05) is 5.32 Å². The van der Waals surface area contributed by atoms with E-state index in [-0.39, 0.29) is 17.2 Å². The molecule has 0 fully saturated rings. The molecule has 1 heterocycles. The number of fused-ring (bicyclic) bond motifs is 1. The van der Waals surface area contributed by atoms with Crippen LogP contribution in [-0.2, 0) is 12.8 Å². The van der Waals surface area contributed by atoms with Gasteiger partial charge in [-0.05, 0) is 62.1 Å². The van der Waals surface area contributed by atoms with Crippen molar-refractivity contribution in [3.63, 3.8) is 0 Å². The van der Waals surface area contributed by atoms with Crippen LogP contribution in [0, 0.1) is 17.5 Å². The molecule has 0 atom stereocenters. The second kappa shape index (κ2) is 6.90. The van der Waals surface area contributed by atoms with Crippen LogP contribution in [0.4, 0.5) is 18.9 Å². The number of anilines is 1. The van der Waals surface area contributed by atoms with Crippen molar-refractivity contribution in [1.29, 1.82) is 0 Å². The molecule has 0 aliphatic heterocycles. The number of carbonyl (C=O) groups is 1. The normalized spacial score (nSPS) is 13.3. The fraction of sp³-hybridized carbons (Fsp3) is 0.200. The van der Waals surface area contributed by atoms with E-state index in [1.807, 2.05) is 0 Å². The summed E-state index contributed by atoms with van der Waals surface area (Å²) < 4.78 is 41.6. The Kier molecular flexibility index (Phi) is 4.43. The van der Waals surface area contributed by atoms with E-state index in [1.165, 1.54) is 12.1 Å². The third-order valence-corrected chi connectivity index (χ3v) is 4.59. The smallest absolute Gasteiger partial charge is 0.276 e. The summed E-state index contributed by atoms with van der Waals surface area (Å²) in [5.41, 5.74) is 2.63. The first kappa shape index (κ1) is 17.3. The lowest BCUT2D eigenvalue weighted by atomic mass is 9.95. The SMILES string of the molecule is O=C(Nc1cc(F)cc(F)c1)c1nn(-c2ccc(F)cc2)c2c1CCCC2. The summed E-state index contributed by atoms with van der Waals surface area (Å²) in [5, 5.41) is 6.94. The van der Waals surface area contributed by atoms with E-state index < -0.39 is 17.5 Å². The summed E-state index contributed by atoms with van der Waals surface area (Å²) in [6.07, 6.45) is 3.34. The lowest BCUT2D eigenvalue weighted by Crippen LogP contribution is -2.16. The number of nitrogens with one attached hydrogen (secondary N) is 1. The Hall–Kier alpha value is -3.09. The molecule has 1 N–H and O–H groups in total. The standard InChI is InChI=1S/C20H16F3N3O/c21-12-5-7-16(8-6-12)26-18-4-2-1-3-17(18)19(25-26)20(27)24-15-10-13(22)9-14(23)11-15/h5-11H,1-4H2,(H,24,27). The van der Waals surface area contributed by atoms with E-state index in [4.69, 9.17) is 0 Å². The molecule has 3 aromatic rings. The van der Waals surface area contributed by atoms with Crippen LogP contribution in [0.2, 0.25) is 0 Å². The Labute approximate surface area is 153 Å². The van der Waals surface area contributed by atoms with Crippen molar-refractivity contribution in [3.8, 4) is 5.69 Å². The van der Waals surface area contributed by atoms with Gasteiger partial charge in [0, 0.05) is 23.0 Å². The highest BCUT2D eigenvalue weighted by molar-refractivity contribution is 6.04. The molecule has 2 aromatic carbocycles. The van der Waals surface area contributed by atoms with Gasteiger partial charge in [0.2, 0.25) is 0 Å². The van der Waals surface area contributed by atoms with Crippen LogP contribution >= 0.6 is 0 Å². The molecular formula is C20H16F3N3O. The van der Waals surface area contributed by atoms with Gasteiger partial charge in [-0.25, -0.2) is 17.9 Å². The Morgan fingerprint density at radius 3 is 2.30 bits per heavy atom. The van der Waals surface area contributed by atoms with E-state index in [1.54, 1.807) is 16.8 Å². The molecule has 1 aliphatic carbocycles. The molecule has 138 valence electrons. The van der Waals surface area contributed by atoms with Gasteiger partial charge in [-0.2, -0.15) is 5.10 Å². The Morgan fingerprint density at radius 2 is 1.59 bits per heavy atom. The number of nitrogens with zero attached hydrogens (tertiary/aromatic N) is 2. The number of carbonyl (C=O) groups excluding carboxylic acids is 1. The van der Waals surface area contributed by atoms with E-state index in [9.17, 15) is 18.0 Å². The molecule has 1 amide bonds. The van der Waals surface area contributed by atoms with Gasteiger partial charge < -0.3 is 5.32 Å². The van der Waals surface area contributed by atoms with Gasteiger partial charge in [0.25, 0.3) is 5.91 Å². The molecule has 0 saturated carbocycles. The zero-order valence-corrected chi connectivity index (χ0v) is 14.3. The van der Waals surface area contributed by atoms with Gasteiger partial charge in [-0.15, -0.1) is 0 Å². The maximum Gasteiger partial charge on any atom is 0.276 e. The largest absolute Gasteiger partial charge is 0.320 e. The van der Waals surface area contributed by atoms with E-state index >= 15 is 0 Å². The molecular weight excluding hydrogens is 355 g/mol. The average Bonchev–Trinajstić information content (AvgIpc) is 3.01. The lowest BCUT2D eigenvalue weighted by Gasteiger charge is -2.14. The third kappa shape index (κ3) is 3.45. The summed E-state index contributed by atoms with van der Waals surface area (Å²) in [6.45, 7) is 0. The van der Waals surface area contributed by atoms with Crippen molar-refractivity contribution in [2.24, 2.45) is 0 Å². The van der Waals surface area contributed by atoms with Gasteiger partial charge in [-0.1, -0.05) is 0 Å². The van der Waals surface area contributed by atoms with Crippen molar-refractivity contribution in [2.45, 2.75) is 25.7 Å². The fourth-order valence-corrected chi connectivity index (χ4v) is 3.39. The number of aromatic nitrogens is 2. The molecule has 0 unspecified atom stereocenters. The van der Waals surface area contributed by atoms with Crippen LogP contribution in [-0.4, -0.2) is 15.7 Å². The lowest BCUT2D eigenvalue weighted by molar-refractivity contribution is 0.102. The number of hydrogen-bond donors (Lipinski definition) is 1. The van der Waals surface area contributed by atoms with Gasteiger partial charge >= 0.3 is 0 Å². The highest BCUT2D eigenvalue weighted by Crippen LogP contribution is 2.28. The predicted octanol–water partition coefficient (Wildman–Crippen LogP) is 4.42. The molecule has 0 radical (unpaired) electrons. The third-order valence-electron chi connectivity index (χ3n) is 4.59. The maximum atomic E-state index is 13.4. The van der Waals surface area contributed by atoms with Crippen LogP contribution in [0.25, 0.3) is 5.69 Å². The highest BCUT2D eigenvalue weighted by atomic mass is 19.1. The van der Waals surface area contributed by atoms with Crippen molar-refractivity contribution in [1.82, 2.24) is 9.78 Å². The molecule has 0 spiro atoms. The van der Waals surface area contributed by atoms with Crippen LogP contribution in [0.5, 0.6) is 0 Å². The summed E-state index contributed by atoms with van der Waals surface area (Å²) in [7, 11) is 0. The fourth-order valence-electron chi connectivity index (χ4n) is 3.39. The molecule has 4 rings (SSSR count). The first-order valence-electron chi connectivity index (χ1n) is 8.65. The average molecular weight is 371 g/mol. The first-order chi connectivity index (χ1) is 13.0. The van der Waals surface area contributed by atoms with Crippen molar-refractivity contribution < 1.29 is 18.0 Å². The summed E-state index contributed by atoms with van der Waals surface area (Å²) >= 11 is 0. The quantitative estimate of drug-likeness (QED) is 0.741. The zero-order valence-electron chi connectivity index (χ0n) is 14.3. The Balaban J connectivity index is 1.72. The molecule has 7 heteroatoms. The number of halogens is 3. The molecule has 4 nitrogen and oxygen atoms in total. The minimum absolute atomic E-state index is 0.0263. The minimum atomic E-state index is -0.774. The van der Waals surface area contributed by atoms with Crippen molar-refractivity contribution in [3.05, 3.63) is 76.9 Å². The van der Waals surface area contributed by atoms with Crippen LogP contribution < -0.4 is 5.32 Å². The highest BCUT2D eigenvalue weighted by Gasteiger charge is 2.25. The molecule has 1 aromatic heterocycles. The van der Waals surface area contributed by atoms with Gasteiger partial charge in [0.1, 0.15) is 17.5 Å². The minimum Gasteiger partial charge on any atom is -0.320 e. The number of amides is 1. The number of rotatable bonds is 3. The molecule has 0 bridgehead atoms. The Morgan fingerprint density at radius 1 is 0.926 bits per heavy atom. The maximum absolute atomic E-state index is 13.4. The van der Waals surface area contributed by atoms with Crippen LogP contribution in [0.3, 0.4) is 0 Å². The molecule has 27 heavy (non-hydrogen) atoms. The topological polar surface area (TPSA) is 46.9 Å². The zero-order chi connectivity index (χ0) is 19.0. The van der Waals surface area contributed by atoms with Gasteiger partial charge in [-0.3, -0.25) is 4.79 Å². The summed E-state index contributed by atoms with van der Waals surface area (Å²) in [5.74, 6) is -2.43. The first-order valence-corrected chi connectivity index (χ1v) is 8.65. The monoisotopic (exact) mass is 371 g/mol. The Bertz CT molecular complexity index is 992. The van der Waals surface area contributed by atoms with Gasteiger partial charge in [0.15, 0.2) is 5.69 Å². The number of benzene rings is 2. The summed E-state index contributed by atoms with van der Waals surface area (Å²) in [6, 6.07) is 8.69. The number of hydrogen-bond acceptors (Lipinski definition) is 2. The van der Waals surface area contributed by atoms with E-state index in [2.05, 4.69) is 10.4 Å². The van der Waals surface area contributed by atoms with Gasteiger partial charge in [0.05, 0.1) is 5.69 Å². The molecule has 0 saturated heterocycles. The van der Waals surface area contributed by atoms with Crippen molar-refractivity contribution >= 4 is 11.6 Å².